The molecule has 0 spiro atoms. The Morgan fingerprint density at radius 3 is 3.14 bits per heavy atom. The number of carbonyl (C=O) groups is 1. The maximum absolute atomic E-state index is 12.2. The van der Waals surface area contributed by atoms with E-state index in [-0.39, 0.29) is 11.2 Å². The number of fused-ring (bicyclic) bond motifs is 1. The smallest absolute Gasteiger partial charge is 0.239 e. The zero-order chi connectivity index (χ0) is 14.8. The second-order valence-electron chi connectivity index (χ2n) is 4.39. The zero-order valence-corrected chi connectivity index (χ0v) is 12.8. The second-order valence-corrected chi connectivity index (χ2v) is 6.75. The van der Waals surface area contributed by atoms with E-state index < -0.39 is 0 Å². The van der Waals surface area contributed by atoms with Crippen LogP contribution in [0.5, 0.6) is 0 Å². The van der Waals surface area contributed by atoms with E-state index in [0.717, 1.165) is 15.4 Å². The molecule has 0 aliphatic heterocycles. The molecule has 21 heavy (non-hydrogen) atoms. The number of hydrogen-bond acceptors (Lipinski definition) is 6. The third kappa shape index (κ3) is 3.17. The lowest BCUT2D eigenvalue weighted by molar-refractivity contribution is -0.115. The number of rotatable bonds is 4. The van der Waals surface area contributed by atoms with Gasteiger partial charge in [0.15, 0.2) is 10.3 Å². The maximum Gasteiger partial charge on any atom is 0.239 e. The van der Waals surface area contributed by atoms with Gasteiger partial charge < -0.3 is 16.0 Å². The van der Waals surface area contributed by atoms with Gasteiger partial charge in [-0.15, -0.1) is 0 Å². The van der Waals surface area contributed by atoms with E-state index in [1.807, 2.05) is 19.1 Å². The van der Waals surface area contributed by atoms with Crippen LogP contribution in [0.3, 0.4) is 0 Å². The van der Waals surface area contributed by atoms with E-state index in [9.17, 15) is 4.79 Å². The lowest BCUT2D eigenvalue weighted by atomic mass is 10.3. The number of carbonyl (C=O) groups excluding carboxylic acids is 1. The fourth-order valence-corrected chi connectivity index (χ4v) is 3.41. The number of thioether (sulfide) groups is 1. The van der Waals surface area contributed by atoms with Crippen LogP contribution in [0.1, 0.15) is 6.92 Å². The molecule has 0 bridgehead atoms. The number of H-pyrrole nitrogens is 1. The summed E-state index contributed by atoms with van der Waals surface area (Å²) in [6, 6.07) is 5.49. The van der Waals surface area contributed by atoms with E-state index in [1.165, 1.54) is 23.1 Å². The van der Waals surface area contributed by atoms with Crippen molar-refractivity contribution in [3.63, 3.8) is 0 Å². The Kier molecular flexibility index (Phi) is 3.80. The molecule has 3 aromatic rings. The Bertz CT molecular complexity index is 768. The number of hydrogen-bond donors (Lipinski definition) is 3. The zero-order valence-electron chi connectivity index (χ0n) is 11.2. The first-order valence-corrected chi connectivity index (χ1v) is 7.94. The average Bonchev–Trinajstić information content (AvgIpc) is 3.07. The summed E-state index contributed by atoms with van der Waals surface area (Å²) in [7, 11) is 0. The third-order valence-electron chi connectivity index (χ3n) is 2.77. The summed E-state index contributed by atoms with van der Waals surface area (Å²) in [5, 5.41) is 3.85. The Hall–Kier alpha value is -2.06. The Labute approximate surface area is 129 Å². The minimum absolute atomic E-state index is 0.108. The fourth-order valence-electron chi connectivity index (χ4n) is 1.74. The molecule has 0 saturated heterocycles. The number of amides is 1. The number of nitrogens with one attached hydrogen (secondary N) is 2. The molecule has 0 aliphatic carbocycles. The number of aromatic amines is 1. The molecule has 0 aliphatic rings. The van der Waals surface area contributed by atoms with Gasteiger partial charge >= 0.3 is 0 Å². The highest BCUT2D eigenvalue weighted by Crippen LogP contribution is 2.28. The third-order valence-corrected chi connectivity index (χ3v) is 4.72. The van der Waals surface area contributed by atoms with Gasteiger partial charge in [-0.05, 0) is 25.1 Å². The van der Waals surface area contributed by atoms with Crippen LogP contribution >= 0.6 is 23.1 Å². The van der Waals surface area contributed by atoms with Crippen molar-refractivity contribution in [3.8, 4) is 0 Å². The number of thiazole rings is 1. The first kappa shape index (κ1) is 13.9. The minimum atomic E-state index is -0.270. The number of imidazole rings is 1. The summed E-state index contributed by atoms with van der Waals surface area (Å²) in [6.07, 6.45) is 3.38. The van der Waals surface area contributed by atoms with Gasteiger partial charge in [-0.3, -0.25) is 4.79 Å². The Morgan fingerprint density at radius 2 is 2.38 bits per heavy atom. The molecule has 3 rings (SSSR count). The molecule has 1 unspecified atom stereocenters. The molecule has 108 valence electrons. The van der Waals surface area contributed by atoms with E-state index in [4.69, 9.17) is 5.73 Å². The first-order valence-electron chi connectivity index (χ1n) is 6.25. The van der Waals surface area contributed by atoms with Crippen molar-refractivity contribution in [2.75, 3.05) is 11.1 Å². The van der Waals surface area contributed by atoms with Crippen LogP contribution in [-0.2, 0) is 4.79 Å². The van der Waals surface area contributed by atoms with Gasteiger partial charge in [0.25, 0.3) is 0 Å². The fraction of sp³-hybridized carbons (Fsp3) is 0.154. The average molecular weight is 319 g/mol. The van der Waals surface area contributed by atoms with E-state index in [2.05, 4.69) is 20.3 Å². The molecule has 2 aromatic heterocycles. The first-order chi connectivity index (χ1) is 10.1. The molecule has 1 amide bonds. The van der Waals surface area contributed by atoms with Gasteiger partial charge in [0.2, 0.25) is 5.91 Å². The Morgan fingerprint density at radius 1 is 1.52 bits per heavy atom. The highest BCUT2D eigenvalue weighted by Gasteiger charge is 2.17. The van der Waals surface area contributed by atoms with Crippen molar-refractivity contribution < 1.29 is 4.79 Å². The van der Waals surface area contributed by atoms with Crippen LogP contribution in [0.4, 0.5) is 10.8 Å². The van der Waals surface area contributed by atoms with Crippen molar-refractivity contribution in [1.29, 1.82) is 0 Å². The van der Waals surface area contributed by atoms with Crippen LogP contribution in [0.2, 0.25) is 0 Å². The van der Waals surface area contributed by atoms with Crippen molar-refractivity contribution in [2.45, 2.75) is 17.3 Å². The number of benzene rings is 1. The van der Waals surface area contributed by atoms with Gasteiger partial charge in [0, 0.05) is 18.1 Å². The van der Waals surface area contributed by atoms with E-state index in [0.29, 0.717) is 10.8 Å². The summed E-state index contributed by atoms with van der Waals surface area (Å²) < 4.78 is 0.955. The van der Waals surface area contributed by atoms with Crippen molar-refractivity contribution in [2.24, 2.45) is 0 Å². The topological polar surface area (TPSA) is 96.7 Å². The van der Waals surface area contributed by atoms with Crippen LogP contribution < -0.4 is 11.1 Å². The van der Waals surface area contributed by atoms with Crippen LogP contribution in [0.15, 0.2) is 35.7 Å². The molecule has 4 N–H and O–H groups in total. The van der Waals surface area contributed by atoms with Crippen molar-refractivity contribution in [3.05, 3.63) is 30.6 Å². The van der Waals surface area contributed by atoms with Crippen molar-refractivity contribution >= 4 is 50.0 Å². The second kappa shape index (κ2) is 5.74. The standard InChI is InChI=1S/C13H13N5OS2/c1-7(20-12-15-4-5-16-12)11(19)18-13-17-9-3-2-8(14)6-10(9)21-13/h2-7H,14H2,1H3,(H,15,16)(H,17,18,19). The number of anilines is 2. The molecule has 0 saturated carbocycles. The molecule has 0 fully saturated rings. The molecule has 0 radical (unpaired) electrons. The lowest BCUT2D eigenvalue weighted by Gasteiger charge is -2.07. The van der Waals surface area contributed by atoms with Gasteiger partial charge in [-0.2, -0.15) is 0 Å². The summed E-state index contributed by atoms with van der Waals surface area (Å²) in [4.78, 5) is 23.6. The van der Waals surface area contributed by atoms with E-state index in [1.54, 1.807) is 18.5 Å². The van der Waals surface area contributed by atoms with Gasteiger partial charge in [-0.25, -0.2) is 9.97 Å². The number of nitrogen functional groups attached to an aromatic ring is 1. The summed E-state index contributed by atoms with van der Waals surface area (Å²) in [6.45, 7) is 1.83. The summed E-state index contributed by atoms with van der Waals surface area (Å²) in [5.41, 5.74) is 7.25. The number of nitrogens with zero attached hydrogens (tertiary/aromatic N) is 2. The minimum Gasteiger partial charge on any atom is -0.399 e. The highest BCUT2D eigenvalue weighted by atomic mass is 32.2. The highest BCUT2D eigenvalue weighted by molar-refractivity contribution is 8.00. The normalized spacial score (nSPS) is 12.4. The molecular weight excluding hydrogens is 306 g/mol. The van der Waals surface area contributed by atoms with Gasteiger partial charge in [0.05, 0.1) is 15.5 Å². The molecule has 2 heterocycles. The molecular formula is C13H13N5OS2. The largest absolute Gasteiger partial charge is 0.399 e. The van der Waals surface area contributed by atoms with Gasteiger partial charge in [-0.1, -0.05) is 23.1 Å². The van der Waals surface area contributed by atoms with E-state index >= 15 is 0 Å². The predicted molar refractivity (Wildman–Crippen MR) is 86.6 cm³/mol. The maximum atomic E-state index is 12.2. The predicted octanol–water partition coefficient (Wildman–Crippen LogP) is 2.72. The molecule has 8 heteroatoms. The molecule has 6 nitrogen and oxygen atoms in total. The van der Waals surface area contributed by atoms with Crippen LogP contribution in [0, 0.1) is 0 Å². The molecule has 1 atom stereocenters. The van der Waals surface area contributed by atoms with Crippen molar-refractivity contribution in [1.82, 2.24) is 15.0 Å². The molecule has 1 aromatic carbocycles. The summed E-state index contributed by atoms with van der Waals surface area (Å²) in [5.74, 6) is -0.108. The SMILES string of the molecule is CC(Sc1ncc[nH]1)C(=O)Nc1nc2ccc(N)cc2s1. The monoisotopic (exact) mass is 319 g/mol. The van der Waals surface area contributed by atoms with Gasteiger partial charge in [0.1, 0.15) is 0 Å². The van der Waals surface area contributed by atoms with Crippen LogP contribution in [-0.4, -0.2) is 26.1 Å². The summed E-state index contributed by atoms with van der Waals surface area (Å²) >= 11 is 2.77. The van der Waals surface area contributed by atoms with Crippen LogP contribution in [0.25, 0.3) is 10.2 Å². The Balaban J connectivity index is 1.70. The quantitative estimate of drug-likeness (QED) is 0.507. The number of aromatic nitrogens is 3. The number of nitrogens with two attached hydrogens (primary N) is 1. The lowest BCUT2D eigenvalue weighted by Crippen LogP contribution is -2.22.